The van der Waals surface area contributed by atoms with E-state index in [0.717, 1.165) is 5.56 Å². The van der Waals surface area contributed by atoms with Gasteiger partial charge in [0, 0.05) is 0 Å². The molecule has 0 saturated heterocycles. The molecule has 86 valence electrons. The zero-order chi connectivity index (χ0) is 12.2. The molecular formula is C12H16N2O2. The van der Waals surface area contributed by atoms with Crippen LogP contribution >= 0.6 is 0 Å². The van der Waals surface area contributed by atoms with E-state index in [0.29, 0.717) is 11.3 Å². The molecule has 0 fully saturated rings. The van der Waals surface area contributed by atoms with Crippen molar-refractivity contribution in [3.8, 4) is 6.07 Å². The SMILES string of the molecule is Cc1ccc(C#N)c(NC(C)(CO)CO)c1. The van der Waals surface area contributed by atoms with E-state index in [9.17, 15) is 10.2 Å². The van der Waals surface area contributed by atoms with Crippen LogP contribution in [0, 0.1) is 18.3 Å². The molecule has 0 heterocycles. The molecule has 0 atom stereocenters. The number of aliphatic hydroxyl groups excluding tert-OH is 2. The maximum absolute atomic E-state index is 9.17. The summed E-state index contributed by atoms with van der Waals surface area (Å²) in [6.07, 6.45) is 0. The van der Waals surface area contributed by atoms with Crippen LogP contribution in [-0.4, -0.2) is 29.0 Å². The van der Waals surface area contributed by atoms with Crippen molar-refractivity contribution in [1.29, 1.82) is 5.26 Å². The second kappa shape index (κ2) is 4.97. The number of nitriles is 1. The Kier molecular flexibility index (Phi) is 3.88. The number of nitrogens with zero attached hydrogens (tertiary/aromatic N) is 1. The molecule has 0 spiro atoms. The van der Waals surface area contributed by atoms with Gasteiger partial charge in [-0.05, 0) is 31.5 Å². The quantitative estimate of drug-likeness (QED) is 0.708. The largest absolute Gasteiger partial charge is 0.394 e. The average molecular weight is 220 g/mol. The predicted octanol–water partition coefficient (Wildman–Crippen LogP) is 1.02. The van der Waals surface area contributed by atoms with Gasteiger partial charge in [0.2, 0.25) is 0 Å². The van der Waals surface area contributed by atoms with Gasteiger partial charge in [-0.25, -0.2) is 0 Å². The molecule has 1 aromatic rings. The fourth-order valence-electron chi connectivity index (χ4n) is 1.31. The first kappa shape index (κ1) is 12.5. The molecule has 0 radical (unpaired) electrons. The molecule has 0 saturated carbocycles. The lowest BCUT2D eigenvalue weighted by atomic mass is 10.0. The summed E-state index contributed by atoms with van der Waals surface area (Å²) in [4.78, 5) is 0. The third kappa shape index (κ3) is 2.72. The number of nitrogens with one attached hydrogen (secondary N) is 1. The molecule has 0 amide bonds. The number of hydrogen-bond acceptors (Lipinski definition) is 4. The van der Waals surface area contributed by atoms with E-state index in [1.165, 1.54) is 0 Å². The van der Waals surface area contributed by atoms with E-state index in [4.69, 9.17) is 5.26 Å². The van der Waals surface area contributed by atoms with Crippen molar-refractivity contribution in [2.75, 3.05) is 18.5 Å². The molecule has 0 aliphatic carbocycles. The van der Waals surface area contributed by atoms with Crippen LogP contribution in [0.1, 0.15) is 18.1 Å². The molecule has 0 aliphatic heterocycles. The second-order valence-electron chi connectivity index (χ2n) is 4.16. The summed E-state index contributed by atoms with van der Waals surface area (Å²) >= 11 is 0. The van der Waals surface area contributed by atoms with Gasteiger partial charge >= 0.3 is 0 Å². The Morgan fingerprint density at radius 1 is 1.38 bits per heavy atom. The highest BCUT2D eigenvalue weighted by molar-refractivity contribution is 5.60. The molecule has 1 rings (SSSR count). The summed E-state index contributed by atoms with van der Waals surface area (Å²) in [5, 5.41) is 30.3. The normalized spacial score (nSPS) is 10.9. The topological polar surface area (TPSA) is 76.3 Å². The minimum Gasteiger partial charge on any atom is -0.394 e. The van der Waals surface area contributed by atoms with Gasteiger partial charge in [0.25, 0.3) is 0 Å². The van der Waals surface area contributed by atoms with Gasteiger partial charge in [0.15, 0.2) is 0 Å². The number of aryl methyl sites for hydroxylation is 1. The fraction of sp³-hybridized carbons (Fsp3) is 0.417. The van der Waals surface area contributed by atoms with Crippen LogP contribution in [0.3, 0.4) is 0 Å². The number of rotatable bonds is 4. The molecule has 0 unspecified atom stereocenters. The van der Waals surface area contributed by atoms with Gasteiger partial charge < -0.3 is 15.5 Å². The first-order valence-corrected chi connectivity index (χ1v) is 5.05. The van der Waals surface area contributed by atoms with Crippen LogP contribution in [0.25, 0.3) is 0 Å². The van der Waals surface area contributed by atoms with E-state index in [1.807, 2.05) is 19.1 Å². The van der Waals surface area contributed by atoms with Crippen molar-refractivity contribution in [2.24, 2.45) is 0 Å². The van der Waals surface area contributed by atoms with E-state index < -0.39 is 5.54 Å². The molecule has 4 nitrogen and oxygen atoms in total. The number of aliphatic hydroxyl groups is 2. The first-order valence-electron chi connectivity index (χ1n) is 5.05. The van der Waals surface area contributed by atoms with Crippen molar-refractivity contribution >= 4 is 5.69 Å². The van der Waals surface area contributed by atoms with Crippen LogP contribution in [0.15, 0.2) is 18.2 Å². The van der Waals surface area contributed by atoms with Crippen molar-refractivity contribution in [2.45, 2.75) is 19.4 Å². The van der Waals surface area contributed by atoms with E-state index in [2.05, 4.69) is 11.4 Å². The molecule has 3 N–H and O–H groups in total. The van der Waals surface area contributed by atoms with Gasteiger partial charge in [-0.1, -0.05) is 6.07 Å². The summed E-state index contributed by atoms with van der Waals surface area (Å²) in [5.41, 5.74) is 1.32. The monoisotopic (exact) mass is 220 g/mol. The smallest absolute Gasteiger partial charge is 0.101 e. The Morgan fingerprint density at radius 2 is 2.00 bits per heavy atom. The zero-order valence-electron chi connectivity index (χ0n) is 9.49. The minimum atomic E-state index is -0.820. The Balaban J connectivity index is 3.05. The van der Waals surface area contributed by atoms with Gasteiger partial charge in [0.05, 0.1) is 30.0 Å². The van der Waals surface area contributed by atoms with Crippen LogP contribution < -0.4 is 5.32 Å². The maximum atomic E-state index is 9.17. The Bertz CT molecular complexity index is 406. The lowest BCUT2D eigenvalue weighted by Crippen LogP contribution is -2.42. The van der Waals surface area contributed by atoms with Crippen molar-refractivity contribution in [3.63, 3.8) is 0 Å². The van der Waals surface area contributed by atoms with E-state index >= 15 is 0 Å². The van der Waals surface area contributed by atoms with Crippen LogP contribution in [-0.2, 0) is 0 Å². The van der Waals surface area contributed by atoms with Gasteiger partial charge in [0.1, 0.15) is 6.07 Å². The molecule has 4 heteroatoms. The second-order valence-corrected chi connectivity index (χ2v) is 4.16. The Morgan fingerprint density at radius 3 is 2.50 bits per heavy atom. The standard InChI is InChI=1S/C12H16N2O2/c1-9-3-4-10(6-13)11(5-9)14-12(2,7-15)8-16/h3-5,14-16H,7-8H2,1-2H3. The maximum Gasteiger partial charge on any atom is 0.101 e. The Hall–Kier alpha value is -1.57. The molecule has 0 aromatic heterocycles. The van der Waals surface area contributed by atoms with Gasteiger partial charge in [-0.2, -0.15) is 5.26 Å². The molecule has 0 aliphatic rings. The predicted molar refractivity (Wildman–Crippen MR) is 62.1 cm³/mol. The molecule has 1 aromatic carbocycles. The summed E-state index contributed by atoms with van der Waals surface area (Å²) in [7, 11) is 0. The van der Waals surface area contributed by atoms with Crippen molar-refractivity contribution in [1.82, 2.24) is 0 Å². The summed E-state index contributed by atoms with van der Waals surface area (Å²) in [6, 6.07) is 7.45. The highest BCUT2D eigenvalue weighted by Crippen LogP contribution is 2.20. The first-order chi connectivity index (χ1) is 7.54. The fourth-order valence-corrected chi connectivity index (χ4v) is 1.31. The summed E-state index contributed by atoms with van der Waals surface area (Å²) in [6.45, 7) is 3.20. The minimum absolute atomic E-state index is 0.206. The number of benzene rings is 1. The molecular weight excluding hydrogens is 204 g/mol. The zero-order valence-corrected chi connectivity index (χ0v) is 9.49. The summed E-state index contributed by atoms with van der Waals surface area (Å²) in [5.74, 6) is 0. The van der Waals surface area contributed by atoms with E-state index in [-0.39, 0.29) is 13.2 Å². The third-order valence-electron chi connectivity index (χ3n) is 2.43. The number of anilines is 1. The van der Waals surface area contributed by atoms with Crippen LogP contribution in [0.4, 0.5) is 5.69 Å². The Labute approximate surface area is 95.2 Å². The van der Waals surface area contributed by atoms with Crippen LogP contribution in [0.5, 0.6) is 0 Å². The van der Waals surface area contributed by atoms with Crippen molar-refractivity contribution in [3.05, 3.63) is 29.3 Å². The van der Waals surface area contributed by atoms with Gasteiger partial charge in [-0.3, -0.25) is 0 Å². The highest BCUT2D eigenvalue weighted by Gasteiger charge is 2.22. The van der Waals surface area contributed by atoms with Gasteiger partial charge in [-0.15, -0.1) is 0 Å². The third-order valence-corrected chi connectivity index (χ3v) is 2.43. The average Bonchev–Trinajstić information content (AvgIpc) is 2.29. The number of hydrogen-bond donors (Lipinski definition) is 3. The molecule has 16 heavy (non-hydrogen) atoms. The van der Waals surface area contributed by atoms with Crippen LogP contribution in [0.2, 0.25) is 0 Å². The summed E-state index contributed by atoms with van der Waals surface area (Å²) < 4.78 is 0. The lowest BCUT2D eigenvalue weighted by Gasteiger charge is -2.28. The van der Waals surface area contributed by atoms with E-state index in [1.54, 1.807) is 13.0 Å². The highest BCUT2D eigenvalue weighted by atomic mass is 16.3. The molecule has 0 bridgehead atoms. The van der Waals surface area contributed by atoms with Crippen molar-refractivity contribution < 1.29 is 10.2 Å². The lowest BCUT2D eigenvalue weighted by molar-refractivity contribution is 0.147.